The van der Waals surface area contributed by atoms with Crippen LogP contribution < -0.4 is 19.7 Å². The maximum absolute atomic E-state index is 12.8. The number of hydrogen-bond acceptors (Lipinski definition) is 8. The van der Waals surface area contributed by atoms with Crippen LogP contribution in [-0.2, 0) is 11.3 Å². The summed E-state index contributed by atoms with van der Waals surface area (Å²) in [4.78, 5) is 15.1. The normalized spacial score (nSPS) is 16.8. The van der Waals surface area contributed by atoms with Crippen LogP contribution in [0.4, 0.5) is 5.95 Å². The van der Waals surface area contributed by atoms with Gasteiger partial charge in [-0.15, -0.1) is 10.2 Å². The number of aromatic nitrogens is 3. The number of anilines is 1. The molecule has 35 heavy (non-hydrogen) atoms. The van der Waals surface area contributed by atoms with Crippen LogP contribution in [0.5, 0.6) is 11.5 Å². The van der Waals surface area contributed by atoms with Gasteiger partial charge in [0.2, 0.25) is 11.9 Å². The van der Waals surface area contributed by atoms with Crippen LogP contribution in [0, 0.1) is 5.92 Å². The quantitative estimate of drug-likeness (QED) is 0.469. The number of nitrogens with one attached hydrogen (secondary N) is 1. The molecule has 2 aliphatic rings. The van der Waals surface area contributed by atoms with E-state index in [-0.39, 0.29) is 17.7 Å². The predicted molar refractivity (Wildman–Crippen MR) is 133 cm³/mol. The van der Waals surface area contributed by atoms with E-state index in [4.69, 9.17) is 13.9 Å². The van der Waals surface area contributed by atoms with E-state index in [2.05, 4.69) is 31.9 Å². The van der Waals surface area contributed by atoms with Gasteiger partial charge in [0.05, 0.1) is 24.6 Å². The standard InChI is InChI=1S/C25H31N5O4S/c1-17-7-9-29(10-8-17)24-27-28-25(30(24)15-20-4-3-11-32-20)35-16-23(31)26-18(2)19-5-6-21-22(14-19)34-13-12-33-21/h3-6,11,14,17-18H,7-10,12-13,15-16H2,1-2H3,(H,26,31). The summed E-state index contributed by atoms with van der Waals surface area (Å²) in [6, 6.07) is 9.43. The summed E-state index contributed by atoms with van der Waals surface area (Å²) < 4.78 is 18.9. The van der Waals surface area contributed by atoms with Crippen LogP contribution in [-0.4, -0.2) is 52.7 Å². The van der Waals surface area contributed by atoms with E-state index in [1.807, 2.05) is 37.3 Å². The molecule has 1 amide bonds. The number of piperidine rings is 1. The minimum absolute atomic E-state index is 0.0710. The third kappa shape index (κ3) is 5.58. The number of rotatable bonds is 8. The maximum atomic E-state index is 12.8. The lowest BCUT2D eigenvalue weighted by molar-refractivity contribution is -0.119. The molecular formula is C25H31N5O4S. The van der Waals surface area contributed by atoms with E-state index in [1.165, 1.54) is 11.8 Å². The zero-order valence-corrected chi connectivity index (χ0v) is 20.9. The molecule has 1 atom stereocenters. The fraction of sp³-hybridized carbons (Fsp3) is 0.480. The molecule has 9 nitrogen and oxygen atoms in total. The predicted octanol–water partition coefficient (Wildman–Crippen LogP) is 3.90. The molecule has 0 spiro atoms. The van der Waals surface area contributed by atoms with Crippen molar-refractivity contribution in [1.82, 2.24) is 20.1 Å². The van der Waals surface area contributed by atoms with Crippen molar-refractivity contribution in [3.8, 4) is 11.5 Å². The van der Waals surface area contributed by atoms with Gasteiger partial charge in [-0.3, -0.25) is 9.36 Å². The average Bonchev–Trinajstić information content (AvgIpc) is 3.53. The summed E-state index contributed by atoms with van der Waals surface area (Å²) in [5.41, 5.74) is 0.968. The van der Waals surface area contributed by atoms with E-state index in [0.717, 1.165) is 60.6 Å². The molecule has 4 heterocycles. The lowest BCUT2D eigenvalue weighted by Crippen LogP contribution is -2.35. The van der Waals surface area contributed by atoms with Gasteiger partial charge in [-0.1, -0.05) is 24.8 Å². The Hall–Kier alpha value is -3.14. The van der Waals surface area contributed by atoms with Crippen molar-refractivity contribution < 1.29 is 18.7 Å². The first-order chi connectivity index (χ1) is 17.1. The first-order valence-electron chi connectivity index (χ1n) is 12.1. The van der Waals surface area contributed by atoms with Gasteiger partial charge in [0.25, 0.3) is 0 Å². The van der Waals surface area contributed by atoms with Crippen molar-refractivity contribution in [2.24, 2.45) is 5.92 Å². The summed E-state index contributed by atoms with van der Waals surface area (Å²) in [5, 5.41) is 12.7. The number of furan rings is 1. The second-order valence-electron chi connectivity index (χ2n) is 9.10. The van der Waals surface area contributed by atoms with Crippen molar-refractivity contribution in [2.75, 3.05) is 37.0 Å². The monoisotopic (exact) mass is 497 g/mol. The highest BCUT2D eigenvalue weighted by atomic mass is 32.2. The summed E-state index contributed by atoms with van der Waals surface area (Å²) in [5.74, 6) is 4.01. The van der Waals surface area contributed by atoms with E-state index in [9.17, 15) is 4.79 Å². The Labute approximate surface area is 209 Å². The van der Waals surface area contributed by atoms with E-state index in [1.54, 1.807) is 6.26 Å². The minimum atomic E-state index is -0.161. The molecule has 2 aliphatic heterocycles. The molecule has 2 aromatic heterocycles. The number of carbonyl (C=O) groups is 1. The summed E-state index contributed by atoms with van der Waals surface area (Å²) in [6.45, 7) is 7.77. The van der Waals surface area contributed by atoms with Crippen molar-refractivity contribution in [2.45, 2.75) is 44.4 Å². The third-order valence-electron chi connectivity index (χ3n) is 6.43. The number of amides is 1. The number of nitrogens with zero attached hydrogens (tertiary/aromatic N) is 4. The largest absolute Gasteiger partial charge is 0.486 e. The van der Waals surface area contributed by atoms with Gasteiger partial charge in [-0.05, 0) is 55.5 Å². The van der Waals surface area contributed by atoms with Crippen molar-refractivity contribution >= 4 is 23.6 Å². The Balaban J connectivity index is 1.24. The number of benzene rings is 1. The second-order valence-corrected chi connectivity index (χ2v) is 10.0. The molecule has 0 aliphatic carbocycles. The Bertz CT molecular complexity index is 1140. The minimum Gasteiger partial charge on any atom is -0.486 e. The van der Waals surface area contributed by atoms with Crippen LogP contribution in [0.25, 0.3) is 0 Å². The Morgan fingerprint density at radius 1 is 1.17 bits per heavy atom. The van der Waals surface area contributed by atoms with Crippen molar-refractivity contribution in [3.63, 3.8) is 0 Å². The molecule has 10 heteroatoms. The molecule has 1 aromatic carbocycles. The van der Waals surface area contributed by atoms with Crippen LogP contribution in [0.2, 0.25) is 0 Å². The second kappa shape index (κ2) is 10.6. The molecule has 1 saturated heterocycles. The first-order valence-corrected chi connectivity index (χ1v) is 13.1. The molecule has 186 valence electrons. The van der Waals surface area contributed by atoms with Gasteiger partial charge in [-0.2, -0.15) is 0 Å². The number of hydrogen-bond donors (Lipinski definition) is 1. The molecule has 0 saturated carbocycles. The topological polar surface area (TPSA) is 94.7 Å². The van der Waals surface area contributed by atoms with Crippen molar-refractivity contribution in [1.29, 1.82) is 0 Å². The van der Waals surface area contributed by atoms with Gasteiger partial charge < -0.3 is 24.1 Å². The Morgan fingerprint density at radius 2 is 1.97 bits per heavy atom. The molecule has 1 N–H and O–H groups in total. The summed E-state index contributed by atoms with van der Waals surface area (Å²) >= 11 is 1.39. The van der Waals surface area contributed by atoms with Gasteiger partial charge >= 0.3 is 0 Å². The van der Waals surface area contributed by atoms with Crippen LogP contribution in [0.15, 0.2) is 46.2 Å². The zero-order valence-electron chi connectivity index (χ0n) is 20.1. The highest BCUT2D eigenvalue weighted by molar-refractivity contribution is 7.99. The van der Waals surface area contributed by atoms with Gasteiger partial charge in [0, 0.05) is 13.1 Å². The molecule has 0 radical (unpaired) electrons. The molecular weight excluding hydrogens is 466 g/mol. The lowest BCUT2D eigenvalue weighted by atomic mass is 10.00. The highest BCUT2D eigenvalue weighted by Crippen LogP contribution is 2.33. The molecule has 1 fully saturated rings. The van der Waals surface area contributed by atoms with Crippen LogP contribution >= 0.6 is 11.8 Å². The number of ether oxygens (including phenoxy) is 2. The Morgan fingerprint density at radius 3 is 2.74 bits per heavy atom. The summed E-state index contributed by atoms with van der Waals surface area (Å²) in [7, 11) is 0. The molecule has 5 rings (SSSR count). The van der Waals surface area contributed by atoms with Crippen LogP contribution in [0.1, 0.15) is 44.1 Å². The number of fused-ring (bicyclic) bond motifs is 1. The SMILES string of the molecule is CC1CCN(c2nnc(SCC(=O)NC(C)c3ccc4c(c3)OCCO4)n2Cc2ccco2)CC1. The smallest absolute Gasteiger partial charge is 0.230 e. The molecule has 1 unspecified atom stereocenters. The van der Waals surface area contributed by atoms with Gasteiger partial charge in [-0.25, -0.2) is 0 Å². The van der Waals surface area contributed by atoms with Gasteiger partial charge in [0.15, 0.2) is 16.7 Å². The fourth-order valence-corrected chi connectivity index (χ4v) is 5.10. The first kappa shape index (κ1) is 23.6. The fourth-order valence-electron chi connectivity index (χ4n) is 4.35. The zero-order chi connectivity index (χ0) is 24.2. The van der Waals surface area contributed by atoms with E-state index < -0.39 is 0 Å². The number of thioether (sulfide) groups is 1. The summed E-state index contributed by atoms with van der Waals surface area (Å²) in [6.07, 6.45) is 3.94. The highest BCUT2D eigenvalue weighted by Gasteiger charge is 2.24. The van der Waals surface area contributed by atoms with Crippen LogP contribution in [0.3, 0.4) is 0 Å². The molecule has 3 aromatic rings. The van der Waals surface area contributed by atoms with E-state index in [0.29, 0.717) is 24.9 Å². The van der Waals surface area contributed by atoms with Gasteiger partial charge in [0.1, 0.15) is 19.0 Å². The average molecular weight is 498 g/mol. The number of carbonyl (C=O) groups excluding carboxylic acids is 1. The maximum Gasteiger partial charge on any atom is 0.230 e. The lowest BCUT2D eigenvalue weighted by Gasteiger charge is -2.31. The van der Waals surface area contributed by atoms with E-state index >= 15 is 0 Å². The van der Waals surface area contributed by atoms with Crippen molar-refractivity contribution in [3.05, 3.63) is 47.9 Å². The molecule has 0 bridgehead atoms. The third-order valence-corrected chi connectivity index (χ3v) is 7.40. The Kier molecular flexibility index (Phi) is 7.17.